The van der Waals surface area contributed by atoms with Crippen LogP contribution in [0.25, 0.3) is 10.9 Å². The fraction of sp³-hybridized carbons (Fsp3) is 0.231. The van der Waals surface area contributed by atoms with Crippen molar-refractivity contribution in [2.75, 3.05) is 5.75 Å². The Kier molecular flexibility index (Phi) is 3.64. The van der Waals surface area contributed by atoms with Gasteiger partial charge in [0.1, 0.15) is 0 Å². The number of hydrogen-bond donors (Lipinski definition) is 1. The van der Waals surface area contributed by atoms with Gasteiger partial charge in [0.2, 0.25) is 0 Å². The van der Waals surface area contributed by atoms with E-state index in [2.05, 4.69) is 4.98 Å². The number of carboxylic acid groups (broad SMARTS) is 1. The monoisotopic (exact) mass is 247 g/mol. The summed E-state index contributed by atoms with van der Waals surface area (Å²) in [4.78, 5) is 15.9. The minimum atomic E-state index is -0.758. The summed E-state index contributed by atoms with van der Waals surface area (Å²) in [5, 5.41) is 9.71. The highest BCUT2D eigenvalue weighted by Crippen LogP contribution is 2.27. The topological polar surface area (TPSA) is 50.2 Å². The third kappa shape index (κ3) is 2.97. The molecule has 1 aromatic heterocycles. The number of hydrogen-bond acceptors (Lipinski definition) is 3. The number of carboxylic acids is 1. The lowest BCUT2D eigenvalue weighted by Crippen LogP contribution is -1.95. The van der Waals surface area contributed by atoms with E-state index in [4.69, 9.17) is 5.11 Å². The molecule has 3 nitrogen and oxygen atoms in total. The normalized spacial score (nSPS) is 10.6. The molecule has 0 aliphatic carbocycles. The molecule has 17 heavy (non-hydrogen) atoms. The molecule has 1 aromatic carbocycles. The first-order valence-electron chi connectivity index (χ1n) is 5.37. The number of rotatable bonds is 4. The summed E-state index contributed by atoms with van der Waals surface area (Å²) in [5.74, 6) is -0.172. The Hall–Kier alpha value is -1.55. The Labute approximate surface area is 104 Å². The Morgan fingerprint density at radius 2 is 2.24 bits per heavy atom. The van der Waals surface area contributed by atoms with Crippen molar-refractivity contribution < 1.29 is 9.90 Å². The van der Waals surface area contributed by atoms with Crippen molar-refractivity contribution in [1.82, 2.24) is 4.98 Å². The van der Waals surface area contributed by atoms with Crippen LogP contribution < -0.4 is 0 Å². The average molecular weight is 247 g/mol. The highest BCUT2D eigenvalue weighted by atomic mass is 32.2. The van der Waals surface area contributed by atoms with Gasteiger partial charge in [-0.25, -0.2) is 0 Å². The van der Waals surface area contributed by atoms with Crippen molar-refractivity contribution in [1.29, 1.82) is 0 Å². The number of aliphatic carboxylic acids is 1. The third-order valence-corrected chi connectivity index (χ3v) is 3.51. The van der Waals surface area contributed by atoms with E-state index in [0.717, 1.165) is 15.8 Å². The maximum Gasteiger partial charge on any atom is 0.304 e. The Morgan fingerprint density at radius 3 is 3.00 bits per heavy atom. The molecule has 0 aliphatic heterocycles. The second kappa shape index (κ2) is 5.19. The molecular weight excluding hydrogens is 234 g/mol. The average Bonchev–Trinajstić information content (AvgIpc) is 2.28. The van der Waals surface area contributed by atoms with Gasteiger partial charge in [-0.1, -0.05) is 12.1 Å². The SMILES string of the molecule is Cc1ccc2c(SCCC(=O)O)ccnc2c1. The summed E-state index contributed by atoms with van der Waals surface area (Å²) in [5.41, 5.74) is 2.14. The van der Waals surface area contributed by atoms with Crippen molar-refractivity contribution in [3.63, 3.8) is 0 Å². The van der Waals surface area contributed by atoms with Gasteiger partial charge >= 0.3 is 5.97 Å². The standard InChI is InChI=1S/C13H13NO2S/c1-9-2-3-10-11(8-9)14-6-4-12(10)17-7-5-13(15)16/h2-4,6,8H,5,7H2,1H3,(H,15,16). The minimum absolute atomic E-state index is 0.181. The van der Waals surface area contributed by atoms with E-state index in [1.54, 1.807) is 18.0 Å². The summed E-state index contributed by atoms with van der Waals surface area (Å²) in [7, 11) is 0. The van der Waals surface area contributed by atoms with Crippen LogP contribution in [0.15, 0.2) is 35.4 Å². The van der Waals surface area contributed by atoms with Gasteiger partial charge < -0.3 is 5.11 Å². The van der Waals surface area contributed by atoms with Crippen LogP contribution in [0.1, 0.15) is 12.0 Å². The largest absolute Gasteiger partial charge is 0.481 e. The molecule has 4 heteroatoms. The maximum atomic E-state index is 10.5. The zero-order valence-corrected chi connectivity index (χ0v) is 10.3. The van der Waals surface area contributed by atoms with Gasteiger partial charge in [0.05, 0.1) is 11.9 Å². The molecule has 0 atom stereocenters. The lowest BCUT2D eigenvalue weighted by atomic mass is 10.1. The number of thioether (sulfide) groups is 1. The van der Waals surface area contributed by atoms with E-state index in [0.29, 0.717) is 5.75 Å². The molecule has 0 spiro atoms. The van der Waals surface area contributed by atoms with E-state index in [-0.39, 0.29) is 6.42 Å². The number of pyridine rings is 1. The first-order chi connectivity index (χ1) is 8.16. The smallest absolute Gasteiger partial charge is 0.304 e. The van der Waals surface area contributed by atoms with Crippen LogP contribution in [0.4, 0.5) is 0 Å². The van der Waals surface area contributed by atoms with Gasteiger partial charge in [-0.05, 0) is 24.6 Å². The third-order valence-electron chi connectivity index (χ3n) is 2.43. The van der Waals surface area contributed by atoms with E-state index >= 15 is 0 Å². The van der Waals surface area contributed by atoms with Crippen molar-refractivity contribution in [2.24, 2.45) is 0 Å². The molecule has 1 heterocycles. The zero-order valence-electron chi connectivity index (χ0n) is 9.51. The molecule has 0 fully saturated rings. The van der Waals surface area contributed by atoms with Crippen LogP contribution >= 0.6 is 11.8 Å². The lowest BCUT2D eigenvalue weighted by molar-refractivity contribution is -0.136. The lowest BCUT2D eigenvalue weighted by Gasteiger charge is -2.05. The zero-order chi connectivity index (χ0) is 12.3. The van der Waals surface area contributed by atoms with Crippen molar-refractivity contribution in [3.8, 4) is 0 Å². The van der Waals surface area contributed by atoms with Gasteiger partial charge in [-0.15, -0.1) is 11.8 Å². The maximum absolute atomic E-state index is 10.5. The predicted molar refractivity (Wildman–Crippen MR) is 69.5 cm³/mol. The van der Waals surface area contributed by atoms with Crippen molar-refractivity contribution in [3.05, 3.63) is 36.0 Å². The Morgan fingerprint density at radius 1 is 1.41 bits per heavy atom. The molecular formula is C13H13NO2S. The summed E-state index contributed by atoms with van der Waals surface area (Å²) < 4.78 is 0. The summed E-state index contributed by atoms with van der Waals surface area (Å²) >= 11 is 1.56. The van der Waals surface area contributed by atoms with E-state index in [1.165, 1.54) is 5.56 Å². The predicted octanol–water partition coefficient (Wildman–Crippen LogP) is 3.11. The van der Waals surface area contributed by atoms with Gasteiger partial charge in [0.25, 0.3) is 0 Å². The van der Waals surface area contributed by atoms with Crippen LogP contribution in [0.5, 0.6) is 0 Å². The summed E-state index contributed by atoms with van der Waals surface area (Å²) in [6, 6.07) is 8.06. The fourth-order valence-electron chi connectivity index (χ4n) is 1.61. The van der Waals surface area contributed by atoms with E-state index in [1.807, 2.05) is 31.2 Å². The highest BCUT2D eigenvalue weighted by Gasteiger charge is 2.04. The first kappa shape index (κ1) is 11.9. The molecule has 1 N–H and O–H groups in total. The second-order valence-electron chi connectivity index (χ2n) is 3.82. The molecule has 88 valence electrons. The highest BCUT2D eigenvalue weighted by molar-refractivity contribution is 7.99. The quantitative estimate of drug-likeness (QED) is 0.843. The molecule has 2 aromatic rings. The first-order valence-corrected chi connectivity index (χ1v) is 6.35. The molecule has 2 rings (SSSR count). The summed E-state index contributed by atoms with van der Waals surface area (Å²) in [6.07, 6.45) is 1.95. The number of nitrogens with zero attached hydrogens (tertiary/aromatic N) is 1. The van der Waals surface area contributed by atoms with Crippen molar-refractivity contribution >= 4 is 28.6 Å². The van der Waals surface area contributed by atoms with Gasteiger partial charge in [0, 0.05) is 22.2 Å². The number of benzene rings is 1. The molecule has 0 saturated carbocycles. The van der Waals surface area contributed by atoms with Gasteiger partial charge in [-0.3, -0.25) is 9.78 Å². The molecule has 0 aliphatic rings. The molecule has 0 unspecified atom stereocenters. The van der Waals surface area contributed by atoms with E-state index < -0.39 is 5.97 Å². The molecule has 0 amide bonds. The molecule has 0 bridgehead atoms. The number of aryl methyl sites for hydroxylation is 1. The van der Waals surface area contributed by atoms with Gasteiger partial charge in [-0.2, -0.15) is 0 Å². The van der Waals surface area contributed by atoms with Crippen LogP contribution in [0, 0.1) is 6.92 Å². The number of aromatic nitrogens is 1. The number of fused-ring (bicyclic) bond motifs is 1. The summed E-state index contributed by atoms with van der Waals surface area (Å²) in [6.45, 7) is 2.03. The van der Waals surface area contributed by atoms with E-state index in [9.17, 15) is 4.79 Å². The molecule has 0 radical (unpaired) electrons. The van der Waals surface area contributed by atoms with Crippen LogP contribution in [-0.2, 0) is 4.79 Å². The minimum Gasteiger partial charge on any atom is -0.481 e. The Balaban J connectivity index is 2.25. The molecule has 0 saturated heterocycles. The van der Waals surface area contributed by atoms with Crippen molar-refractivity contribution in [2.45, 2.75) is 18.2 Å². The van der Waals surface area contributed by atoms with Crippen LogP contribution in [0.3, 0.4) is 0 Å². The Bertz CT molecular complexity index is 554. The fourth-order valence-corrected chi connectivity index (χ4v) is 2.59. The second-order valence-corrected chi connectivity index (χ2v) is 4.96. The van der Waals surface area contributed by atoms with Gasteiger partial charge in [0.15, 0.2) is 0 Å². The number of carbonyl (C=O) groups is 1. The van der Waals surface area contributed by atoms with Crippen LogP contribution in [-0.4, -0.2) is 21.8 Å². The van der Waals surface area contributed by atoms with Crippen LogP contribution in [0.2, 0.25) is 0 Å².